The summed E-state index contributed by atoms with van der Waals surface area (Å²) >= 11 is 0. The molecule has 0 radical (unpaired) electrons. The molecular formula is C10H15NO3. The molecule has 0 aliphatic rings. The molecule has 0 aromatic carbocycles. The minimum absolute atomic E-state index is 0.0137. The number of aliphatic hydroxyl groups excluding tert-OH is 2. The van der Waals surface area contributed by atoms with Crippen molar-refractivity contribution in [2.75, 3.05) is 19.8 Å². The minimum Gasteiger partial charge on any atom is -0.492 e. The molecule has 0 saturated carbocycles. The second kappa shape index (κ2) is 6.34. The van der Waals surface area contributed by atoms with Crippen LogP contribution in [0.25, 0.3) is 0 Å². The molecule has 78 valence electrons. The van der Waals surface area contributed by atoms with Crippen LogP contribution in [-0.2, 0) is 0 Å². The fourth-order valence-electron chi connectivity index (χ4n) is 1.06. The molecule has 0 bridgehead atoms. The minimum atomic E-state index is -0.0137. The Morgan fingerprint density at radius 3 is 2.86 bits per heavy atom. The molecule has 0 spiro atoms. The normalized spacial score (nSPS) is 12.4. The molecule has 0 saturated heterocycles. The molecule has 14 heavy (non-hydrogen) atoms. The fraction of sp³-hybridized carbons (Fsp3) is 0.500. The average Bonchev–Trinajstić information content (AvgIpc) is 2.25. The molecule has 2 N–H and O–H groups in total. The van der Waals surface area contributed by atoms with Gasteiger partial charge in [-0.1, -0.05) is 0 Å². The molecule has 0 aliphatic carbocycles. The van der Waals surface area contributed by atoms with Crippen LogP contribution in [0.15, 0.2) is 24.5 Å². The van der Waals surface area contributed by atoms with Crippen LogP contribution in [0, 0.1) is 5.92 Å². The van der Waals surface area contributed by atoms with Crippen molar-refractivity contribution in [2.24, 2.45) is 5.92 Å². The van der Waals surface area contributed by atoms with Crippen LogP contribution in [0.5, 0.6) is 5.75 Å². The lowest BCUT2D eigenvalue weighted by Gasteiger charge is -2.13. The van der Waals surface area contributed by atoms with E-state index in [2.05, 4.69) is 4.98 Å². The Balaban J connectivity index is 2.32. The van der Waals surface area contributed by atoms with Crippen LogP contribution >= 0.6 is 0 Å². The van der Waals surface area contributed by atoms with Gasteiger partial charge in [-0.3, -0.25) is 4.98 Å². The monoisotopic (exact) mass is 197 g/mol. The molecule has 1 heterocycles. The molecule has 0 amide bonds. The van der Waals surface area contributed by atoms with Crippen LogP contribution < -0.4 is 4.74 Å². The van der Waals surface area contributed by atoms with Gasteiger partial charge < -0.3 is 14.9 Å². The van der Waals surface area contributed by atoms with Gasteiger partial charge in [-0.15, -0.1) is 0 Å². The van der Waals surface area contributed by atoms with Crippen LogP contribution in [0.3, 0.4) is 0 Å². The summed E-state index contributed by atoms with van der Waals surface area (Å²) in [5.74, 6) is 0.670. The second-order valence-corrected chi connectivity index (χ2v) is 3.06. The number of rotatable bonds is 6. The van der Waals surface area contributed by atoms with Gasteiger partial charge in [0.1, 0.15) is 5.75 Å². The van der Waals surface area contributed by atoms with Crippen LogP contribution in [0.4, 0.5) is 0 Å². The van der Waals surface area contributed by atoms with Gasteiger partial charge in [-0.25, -0.2) is 0 Å². The van der Waals surface area contributed by atoms with Gasteiger partial charge in [0.05, 0.1) is 12.8 Å². The van der Waals surface area contributed by atoms with E-state index in [1.165, 1.54) is 0 Å². The van der Waals surface area contributed by atoms with E-state index in [0.29, 0.717) is 18.8 Å². The Morgan fingerprint density at radius 2 is 2.29 bits per heavy atom. The van der Waals surface area contributed by atoms with E-state index in [9.17, 15) is 0 Å². The standard InChI is InChI=1S/C10H15NO3/c12-5-3-9(7-13)8-14-10-2-1-4-11-6-10/h1-2,4,6,9,12-13H,3,5,7-8H2. The Morgan fingerprint density at radius 1 is 1.43 bits per heavy atom. The Kier molecular flexibility index (Phi) is 4.96. The van der Waals surface area contributed by atoms with Crippen molar-refractivity contribution in [3.63, 3.8) is 0 Å². The largest absolute Gasteiger partial charge is 0.492 e. The molecule has 1 unspecified atom stereocenters. The van der Waals surface area contributed by atoms with E-state index in [-0.39, 0.29) is 19.1 Å². The van der Waals surface area contributed by atoms with Crippen molar-refractivity contribution in [1.29, 1.82) is 0 Å². The zero-order valence-electron chi connectivity index (χ0n) is 7.97. The number of aliphatic hydroxyl groups is 2. The molecule has 0 fully saturated rings. The van der Waals surface area contributed by atoms with Crippen molar-refractivity contribution in [2.45, 2.75) is 6.42 Å². The van der Waals surface area contributed by atoms with Gasteiger partial charge in [-0.05, 0) is 18.6 Å². The maximum absolute atomic E-state index is 8.93. The van der Waals surface area contributed by atoms with Crippen molar-refractivity contribution in [3.05, 3.63) is 24.5 Å². The van der Waals surface area contributed by atoms with Crippen LogP contribution in [0.2, 0.25) is 0 Å². The smallest absolute Gasteiger partial charge is 0.137 e. The summed E-state index contributed by atoms with van der Waals surface area (Å²) in [5.41, 5.74) is 0. The van der Waals surface area contributed by atoms with Crippen LogP contribution in [0.1, 0.15) is 6.42 Å². The number of pyridine rings is 1. The van der Waals surface area contributed by atoms with E-state index in [1.54, 1.807) is 24.5 Å². The zero-order chi connectivity index (χ0) is 10.2. The van der Waals surface area contributed by atoms with Crippen molar-refractivity contribution in [3.8, 4) is 5.75 Å². The summed E-state index contributed by atoms with van der Waals surface area (Å²) in [5, 5.41) is 17.6. The quantitative estimate of drug-likeness (QED) is 0.695. The maximum Gasteiger partial charge on any atom is 0.137 e. The van der Waals surface area contributed by atoms with Crippen molar-refractivity contribution in [1.82, 2.24) is 4.98 Å². The van der Waals surface area contributed by atoms with Gasteiger partial charge in [0.2, 0.25) is 0 Å². The van der Waals surface area contributed by atoms with Gasteiger partial charge in [0.25, 0.3) is 0 Å². The van der Waals surface area contributed by atoms with Gasteiger partial charge in [0.15, 0.2) is 0 Å². The molecule has 4 heteroatoms. The number of hydrogen-bond acceptors (Lipinski definition) is 4. The van der Waals surface area contributed by atoms with E-state index in [1.807, 2.05) is 0 Å². The van der Waals surface area contributed by atoms with E-state index in [4.69, 9.17) is 14.9 Å². The molecule has 1 atom stereocenters. The Hall–Kier alpha value is -1.13. The highest BCUT2D eigenvalue weighted by molar-refractivity contribution is 5.15. The first-order valence-corrected chi connectivity index (χ1v) is 4.61. The van der Waals surface area contributed by atoms with E-state index < -0.39 is 0 Å². The predicted molar refractivity (Wildman–Crippen MR) is 52.0 cm³/mol. The fourth-order valence-corrected chi connectivity index (χ4v) is 1.06. The summed E-state index contributed by atoms with van der Waals surface area (Å²) < 4.78 is 5.38. The van der Waals surface area contributed by atoms with Crippen molar-refractivity contribution < 1.29 is 14.9 Å². The lowest BCUT2D eigenvalue weighted by Crippen LogP contribution is -2.17. The van der Waals surface area contributed by atoms with Gasteiger partial charge in [0, 0.05) is 25.3 Å². The van der Waals surface area contributed by atoms with Gasteiger partial charge >= 0.3 is 0 Å². The first-order valence-electron chi connectivity index (χ1n) is 4.61. The summed E-state index contributed by atoms with van der Waals surface area (Å²) in [6, 6.07) is 3.59. The lowest BCUT2D eigenvalue weighted by molar-refractivity contribution is 0.134. The third kappa shape index (κ3) is 3.72. The highest BCUT2D eigenvalue weighted by Gasteiger charge is 2.07. The Bertz CT molecular complexity index is 240. The highest BCUT2D eigenvalue weighted by Crippen LogP contribution is 2.09. The topological polar surface area (TPSA) is 62.6 Å². The molecule has 4 nitrogen and oxygen atoms in total. The molecule has 1 aromatic rings. The average molecular weight is 197 g/mol. The number of aromatic nitrogens is 1. The summed E-state index contributed by atoms with van der Waals surface area (Å²) in [6.07, 6.45) is 3.84. The third-order valence-corrected chi connectivity index (χ3v) is 1.92. The van der Waals surface area contributed by atoms with Crippen LogP contribution in [-0.4, -0.2) is 35.0 Å². The molecule has 1 rings (SSSR count). The van der Waals surface area contributed by atoms with E-state index in [0.717, 1.165) is 0 Å². The lowest BCUT2D eigenvalue weighted by atomic mass is 10.1. The number of ether oxygens (including phenoxy) is 1. The second-order valence-electron chi connectivity index (χ2n) is 3.06. The molecule has 0 aliphatic heterocycles. The number of hydrogen-bond donors (Lipinski definition) is 2. The first kappa shape index (κ1) is 10.9. The first-order chi connectivity index (χ1) is 6.86. The van der Waals surface area contributed by atoms with Crippen molar-refractivity contribution >= 4 is 0 Å². The maximum atomic E-state index is 8.93. The predicted octanol–water partition coefficient (Wildman–Crippen LogP) is 0.451. The summed E-state index contributed by atoms with van der Waals surface area (Å²) in [4.78, 5) is 3.90. The molecule has 1 aromatic heterocycles. The Labute approximate surface area is 83.2 Å². The summed E-state index contributed by atoms with van der Waals surface area (Å²) in [6.45, 7) is 0.505. The highest BCUT2D eigenvalue weighted by atomic mass is 16.5. The van der Waals surface area contributed by atoms with Gasteiger partial charge in [-0.2, -0.15) is 0 Å². The summed E-state index contributed by atoms with van der Waals surface area (Å²) in [7, 11) is 0. The number of nitrogens with zero attached hydrogens (tertiary/aromatic N) is 1. The molecular weight excluding hydrogens is 182 g/mol. The van der Waals surface area contributed by atoms with E-state index >= 15 is 0 Å². The zero-order valence-corrected chi connectivity index (χ0v) is 7.97. The third-order valence-electron chi connectivity index (χ3n) is 1.92. The SMILES string of the molecule is OCCC(CO)COc1cccnc1.